The van der Waals surface area contributed by atoms with E-state index in [1.807, 2.05) is 45.9 Å². The zero-order valence-corrected chi connectivity index (χ0v) is 27.6. The van der Waals surface area contributed by atoms with Crippen molar-refractivity contribution in [2.24, 2.45) is 35.3 Å². The summed E-state index contributed by atoms with van der Waals surface area (Å²) in [5, 5.41) is 19.8. The molecule has 0 saturated heterocycles. The molecule has 0 aromatic heterocycles. The largest absolute Gasteiger partial charge is 0.510 e. The number of methoxy groups -OCH3 is 2. The molecule has 254 valence electrons. The summed E-state index contributed by atoms with van der Waals surface area (Å²) in [6.07, 6.45) is 0.119. The molecule has 13 heteroatoms. The van der Waals surface area contributed by atoms with Gasteiger partial charge in [-0.15, -0.1) is 0 Å². The second-order valence-corrected chi connectivity index (χ2v) is 12.1. The van der Waals surface area contributed by atoms with E-state index in [-0.39, 0.29) is 36.0 Å². The van der Waals surface area contributed by atoms with Crippen LogP contribution >= 0.6 is 0 Å². The van der Waals surface area contributed by atoms with Crippen LogP contribution in [0.1, 0.15) is 66.4 Å². The van der Waals surface area contributed by atoms with Gasteiger partial charge in [0.15, 0.2) is 11.5 Å². The van der Waals surface area contributed by atoms with Crippen LogP contribution in [0, 0.1) is 29.6 Å². The Morgan fingerprint density at radius 2 is 1.68 bits per heavy atom. The maximum Gasteiger partial charge on any atom is 0.510 e. The third-order valence-corrected chi connectivity index (χ3v) is 7.38. The highest BCUT2D eigenvalue weighted by molar-refractivity contribution is 5.79. The van der Waals surface area contributed by atoms with Crippen molar-refractivity contribution in [1.29, 1.82) is 0 Å². The monoisotopic (exact) mass is 629 g/mol. The first-order chi connectivity index (χ1) is 20.8. The third-order valence-electron chi connectivity index (χ3n) is 7.38. The van der Waals surface area contributed by atoms with Crippen molar-refractivity contribution >= 4 is 12.1 Å². The van der Waals surface area contributed by atoms with Gasteiger partial charge in [-0.3, -0.25) is 15.2 Å². The standard InChI is InChI=1S/C31H55N3O10/c1-20(2)18-33-30(35)25(22(5)6)17-28(44-31(36)42-19-43-34(37)38)26(32)16-24(21(3)4)14-23-10-11-27(40-8)29(15-23)41-13-9-12-39-7/h10-11,15,20-22,24-26,28,37-38H,9,12-14,16-19,32H2,1-8H3,(H,33,35). The van der Waals surface area contributed by atoms with Crippen molar-refractivity contribution in [3.05, 3.63) is 23.8 Å². The van der Waals surface area contributed by atoms with Gasteiger partial charge in [0.05, 0.1) is 19.1 Å². The molecule has 0 saturated carbocycles. The topological polar surface area (TPSA) is 171 Å². The van der Waals surface area contributed by atoms with Crippen LogP contribution in [0.25, 0.3) is 0 Å². The van der Waals surface area contributed by atoms with E-state index in [0.29, 0.717) is 44.1 Å². The Labute approximate surface area is 262 Å². The van der Waals surface area contributed by atoms with Gasteiger partial charge in [0, 0.05) is 38.6 Å². The Morgan fingerprint density at radius 1 is 0.977 bits per heavy atom. The van der Waals surface area contributed by atoms with Crippen molar-refractivity contribution < 1.29 is 48.5 Å². The number of hydrogen-bond donors (Lipinski definition) is 4. The molecule has 4 atom stereocenters. The fourth-order valence-corrected chi connectivity index (χ4v) is 4.70. The van der Waals surface area contributed by atoms with Crippen LogP contribution in [0.3, 0.4) is 0 Å². The van der Waals surface area contributed by atoms with Crippen molar-refractivity contribution in [2.75, 3.05) is 40.8 Å². The van der Waals surface area contributed by atoms with Gasteiger partial charge in [-0.2, -0.15) is 0 Å². The lowest BCUT2D eigenvalue weighted by atomic mass is 9.80. The molecule has 0 aliphatic heterocycles. The van der Waals surface area contributed by atoms with E-state index < -0.39 is 36.4 Å². The van der Waals surface area contributed by atoms with Gasteiger partial charge in [0.1, 0.15) is 6.10 Å². The Balaban J connectivity index is 3.16. The third kappa shape index (κ3) is 15.4. The van der Waals surface area contributed by atoms with Gasteiger partial charge in [0.25, 0.3) is 0 Å². The first kappa shape index (κ1) is 39.3. The fourth-order valence-electron chi connectivity index (χ4n) is 4.70. The highest BCUT2D eigenvalue weighted by atomic mass is 17.1. The second kappa shape index (κ2) is 21.1. The number of carbonyl (C=O) groups excluding carboxylic acids is 2. The molecule has 0 bridgehead atoms. The minimum absolute atomic E-state index is 0.0559. The van der Waals surface area contributed by atoms with Crippen LogP contribution in [-0.4, -0.2) is 80.8 Å². The molecule has 0 radical (unpaired) electrons. The quantitative estimate of drug-likeness (QED) is 0.0610. The van der Waals surface area contributed by atoms with E-state index in [1.165, 1.54) is 0 Å². The number of nitrogens with two attached hydrogens (primary N) is 1. The molecule has 1 aromatic rings. The van der Waals surface area contributed by atoms with Crippen LogP contribution < -0.4 is 20.5 Å². The molecule has 0 heterocycles. The lowest BCUT2D eigenvalue weighted by molar-refractivity contribution is -0.504. The molecular formula is C31H55N3O10. The number of amides is 1. The van der Waals surface area contributed by atoms with Gasteiger partial charge in [-0.25, -0.2) is 9.63 Å². The molecular weight excluding hydrogens is 574 g/mol. The first-order valence-electron chi connectivity index (χ1n) is 15.2. The normalized spacial score (nSPS) is 14.4. The van der Waals surface area contributed by atoms with Gasteiger partial charge >= 0.3 is 6.16 Å². The molecule has 0 aliphatic carbocycles. The molecule has 5 N–H and O–H groups in total. The Hall–Kier alpha value is -2.68. The van der Waals surface area contributed by atoms with E-state index in [0.717, 1.165) is 12.0 Å². The summed E-state index contributed by atoms with van der Waals surface area (Å²) in [5.41, 5.74) is 7.78. The Bertz CT molecular complexity index is 961. The zero-order chi connectivity index (χ0) is 33.2. The van der Waals surface area contributed by atoms with Crippen molar-refractivity contribution in [1.82, 2.24) is 10.7 Å². The van der Waals surface area contributed by atoms with E-state index in [9.17, 15) is 9.59 Å². The van der Waals surface area contributed by atoms with Crippen LogP contribution in [0.5, 0.6) is 11.5 Å². The number of hydrogen-bond acceptors (Lipinski definition) is 12. The SMILES string of the molecule is COCCCOc1cc(CC(CC(N)C(CC(C(=O)NCC(C)C)C(C)C)OC(=O)OCON(O)O)C(C)C)ccc1OC. The van der Waals surface area contributed by atoms with E-state index in [2.05, 4.69) is 24.0 Å². The summed E-state index contributed by atoms with van der Waals surface area (Å²) in [4.78, 5) is 29.9. The number of nitrogens with one attached hydrogen (secondary N) is 1. The summed E-state index contributed by atoms with van der Waals surface area (Å²) in [6, 6.07) is 5.21. The van der Waals surface area contributed by atoms with Gasteiger partial charge in [-0.1, -0.05) is 47.6 Å². The molecule has 0 aliphatic rings. The first-order valence-corrected chi connectivity index (χ1v) is 15.2. The predicted molar refractivity (Wildman–Crippen MR) is 163 cm³/mol. The van der Waals surface area contributed by atoms with Crippen LogP contribution in [0.2, 0.25) is 0 Å². The Morgan fingerprint density at radius 3 is 2.25 bits per heavy atom. The summed E-state index contributed by atoms with van der Waals surface area (Å²) in [6.45, 7) is 12.9. The van der Waals surface area contributed by atoms with Gasteiger partial charge in [0.2, 0.25) is 12.7 Å². The minimum Gasteiger partial charge on any atom is -0.493 e. The van der Waals surface area contributed by atoms with E-state index in [1.54, 1.807) is 14.2 Å². The highest BCUT2D eigenvalue weighted by Gasteiger charge is 2.33. The average molecular weight is 630 g/mol. The molecule has 13 nitrogen and oxygen atoms in total. The lowest BCUT2D eigenvalue weighted by Gasteiger charge is -2.32. The molecule has 0 fully saturated rings. The predicted octanol–water partition coefficient (Wildman–Crippen LogP) is 4.57. The smallest absolute Gasteiger partial charge is 0.493 e. The van der Waals surface area contributed by atoms with Gasteiger partial charge < -0.3 is 34.7 Å². The maximum absolute atomic E-state index is 13.1. The number of nitrogens with zero attached hydrogens (tertiary/aromatic N) is 1. The van der Waals surface area contributed by atoms with Crippen LogP contribution in [-0.2, 0) is 30.3 Å². The van der Waals surface area contributed by atoms with Crippen molar-refractivity contribution in [3.8, 4) is 11.5 Å². The summed E-state index contributed by atoms with van der Waals surface area (Å²) < 4.78 is 27.0. The number of carbonyl (C=O) groups is 2. The molecule has 44 heavy (non-hydrogen) atoms. The summed E-state index contributed by atoms with van der Waals surface area (Å²) in [7, 11) is 3.25. The van der Waals surface area contributed by atoms with Crippen molar-refractivity contribution in [3.63, 3.8) is 0 Å². The lowest BCUT2D eigenvalue weighted by Crippen LogP contribution is -2.45. The van der Waals surface area contributed by atoms with Crippen molar-refractivity contribution in [2.45, 2.75) is 79.4 Å². The van der Waals surface area contributed by atoms with E-state index in [4.69, 9.17) is 39.8 Å². The number of ether oxygens (including phenoxy) is 5. The molecule has 1 rings (SSSR count). The summed E-state index contributed by atoms with van der Waals surface area (Å²) in [5.74, 6) is 1.21. The maximum atomic E-state index is 13.1. The molecule has 1 aromatic carbocycles. The van der Waals surface area contributed by atoms with Gasteiger partial charge in [-0.05, 0) is 60.6 Å². The minimum atomic E-state index is -1.11. The molecule has 4 unspecified atom stereocenters. The fraction of sp³-hybridized carbons (Fsp3) is 0.742. The van der Waals surface area contributed by atoms with Crippen LogP contribution in [0.15, 0.2) is 18.2 Å². The second-order valence-electron chi connectivity index (χ2n) is 12.1. The zero-order valence-electron chi connectivity index (χ0n) is 27.6. The number of rotatable bonds is 22. The molecule has 0 spiro atoms. The average Bonchev–Trinajstić information content (AvgIpc) is 2.95. The highest BCUT2D eigenvalue weighted by Crippen LogP contribution is 2.32. The summed E-state index contributed by atoms with van der Waals surface area (Å²) >= 11 is 0. The Kier molecular flexibility index (Phi) is 18.9. The van der Waals surface area contributed by atoms with E-state index >= 15 is 0 Å². The number of benzene rings is 1. The molecule has 1 amide bonds. The van der Waals surface area contributed by atoms with Crippen LogP contribution in [0.4, 0.5) is 4.79 Å².